The van der Waals surface area contributed by atoms with Crippen LogP contribution in [0.2, 0.25) is 0 Å². The molecular formula is C32H66N2. The molecule has 2 aliphatic carbocycles. The topological polar surface area (TPSA) is 6.48 Å². The van der Waals surface area contributed by atoms with E-state index in [1.54, 1.807) is 0 Å². The Morgan fingerprint density at radius 2 is 0.647 bits per heavy atom. The van der Waals surface area contributed by atoms with Crippen molar-refractivity contribution in [3.05, 3.63) is 0 Å². The molecule has 0 spiro atoms. The molecule has 204 valence electrons. The summed E-state index contributed by atoms with van der Waals surface area (Å²) in [5, 5.41) is 0. The molecule has 0 unspecified atom stereocenters. The first kappa shape index (κ1) is 31.9. The smallest absolute Gasteiger partial charge is 0.00385 e. The van der Waals surface area contributed by atoms with E-state index < -0.39 is 0 Å². The van der Waals surface area contributed by atoms with Crippen molar-refractivity contribution in [3.8, 4) is 0 Å². The second-order valence-electron chi connectivity index (χ2n) is 13.0. The van der Waals surface area contributed by atoms with Gasteiger partial charge in [-0.05, 0) is 103 Å². The normalized spacial score (nSPS) is 22.9. The lowest BCUT2D eigenvalue weighted by Crippen LogP contribution is -2.35. The highest BCUT2D eigenvalue weighted by atomic mass is 15.2. The van der Waals surface area contributed by atoms with Crippen molar-refractivity contribution in [2.24, 2.45) is 23.7 Å². The summed E-state index contributed by atoms with van der Waals surface area (Å²) in [7, 11) is 0. The summed E-state index contributed by atoms with van der Waals surface area (Å²) in [6.07, 6.45) is 20.5. The molecule has 0 atom stereocenters. The first-order valence-electron chi connectivity index (χ1n) is 15.7. The van der Waals surface area contributed by atoms with Crippen molar-refractivity contribution in [3.63, 3.8) is 0 Å². The van der Waals surface area contributed by atoms with Gasteiger partial charge in [0, 0.05) is 12.1 Å². The number of piperidine rings is 1. The van der Waals surface area contributed by atoms with Gasteiger partial charge in [-0.3, -0.25) is 0 Å². The van der Waals surface area contributed by atoms with Crippen LogP contribution in [0, 0.1) is 23.7 Å². The molecule has 2 saturated heterocycles. The molecule has 0 aromatic heterocycles. The maximum absolute atomic E-state index is 2.56. The average Bonchev–Trinajstić information content (AvgIpc) is 3.56. The Hall–Kier alpha value is -0.0800. The van der Waals surface area contributed by atoms with Gasteiger partial charge >= 0.3 is 0 Å². The molecule has 0 N–H and O–H groups in total. The number of hydrogen-bond donors (Lipinski definition) is 0. The SMILES string of the molecule is CC(C)C1CCCC1.CC(C)C1CCCCC1.CC(C)N1CCCC1.CC(C)N1CCCCC1. The number of nitrogens with zero attached hydrogens (tertiary/aromatic N) is 2. The fraction of sp³-hybridized carbons (Fsp3) is 1.00. The highest BCUT2D eigenvalue weighted by Gasteiger charge is 2.17. The summed E-state index contributed by atoms with van der Waals surface area (Å²) in [4.78, 5) is 5.09. The third-order valence-corrected chi connectivity index (χ3v) is 8.93. The fourth-order valence-electron chi connectivity index (χ4n) is 6.12. The van der Waals surface area contributed by atoms with Gasteiger partial charge in [-0.15, -0.1) is 0 Å². The first-order valence-corrected chi connectivity index (χ1v) is 15.7. The Labute approximate surface area is 217 Å². The van der Waals surface area contributed by atoms with Crippen LogP contribution in [0.1, 0.15) is 145 Å². The first-order chi connectivity index (χ1) is 16.2. The Morgan fingerprint density at radius 3 is 0.882 bits per heavy atom. The van der Waals surface area contributed by atoms with Crippen LogP contribution < -0.4 is 0 Å². The maximum Gasteiger partial charge on any atom is 0.00385 e. The van der Waals surface area contributed by atoms with Gasteiger partial charge in [0.2, 0.25) is 0 Å². The minimum Gasteiger partial charge on any atom is -0.301 e. The van der Waals surface area contributed by atoms with Gasteiger partial charge in [0.05, 0.1) is 0 Å². The minimum atomic E-state index is 0.769. The summed E-state index contributed by atoms with van der Waals surface area (Å²) >= 11 is 0. The van der Waals surface area contributed by atoms with E-state index in [1.807, 2.05) is 0 Å². The fourth-order valence-corrected chi connectivity index (χ4v) is 6.12. The minimum absolute atomic E-state index is 0.769. The predicted molar refractivity (Wildman–Crippen MR) is 155 cm³/mol. The van der Waals surface area contributed by atoms with Crippen molar-refractivity contribution in [2.75, 3.05) is 26.2 Å². The van der Waals surface area contributed by atoms with Crippen LogP contribution in [-0.2, 0) is 0 Å². The van der Waals surface area contributed by atoms with Crippen molar-refractivity contribution in [2.45, 2.75) is 157 Å². The Kier molecular flexibility index (Phi) is 17.9. The number of likely N-dealkylation sites (tertiary alicyclic amines) is 2. The van der Waals surface area contributed by atoms with Gasteiger partial charge in [0.15, 0.2) is 0 Å². The molecule has 34 heavy (non-hydrogen) atoms. The highest BCUT2D eigenvalue weighted by molar-refractivity contribution is 4.70. The lowest BCUT2D eigenvalue weighted by molar-refractivity contribution is 0.185. The van der Waals surface area contributed by atoms with E-state index in [4.69, 9.17) is 0 Å². The largest absolute Gasteiger partial charge is 0.301 e. The average molecular weight is 479 g/mol. The molecule has 0 aromatic rings. The van der Waals surface area contributed by atoms with Crippen LogP contribution in [0.4, 0.5) is 0 Å². The zero-order valence-corrected chi connectivity index (χ0v) is 25.1. The van der Waals surface area contributed by atoms with Crippen molar-refractivity contribution >= 4 is 0 Å². The molecule has 4 fully saturated rings. The summed E-state index contributed by atoms with van der Waals surface area (Å²) in [6.45, 7) is 23.8. The van der Waals surface area contributed by atoms with E-state index in [0.717, 1.165) is 35.8 Å². The lowest BCUT2D eigenvalue weighted by atomic mass is 9.82. The van der Waals surface area contributed by atoms with Crippen LogP contribution in [0.15, 0.2) is 0 Å². The standard InChI is InChI=1S/C9H18.C8H17N.C8H16.C7H15N/c2*1-8(2)9-6-4-3-5-7-9;2*1-7(2)8-5-3-4-6-8/h8-9H,3-7H2,1-2H3;8H,3-7H2,1-2H3;7-8H,3-6H2,1-2H3;7H,3-6H2,1-2H3. The molecule has 0 amide bonds. The van der Waals surface area contributed by atoms with Gasteiger partial charge in [0.1, 0.15) is 0 Å². The van der Waals surface area contributed by atoms with Crippen molar-refractivity contribution in [1.29, 1.82) is 0 Å². The molecule has 4 rings (SSSR count). The summed E-state index contributed by atoms with van der Waals surface area (Å²) in [6, 6.07) is 1.54. The molecule has 0 radical (unpaired) electrons. The van der Waals surface area contributed by atoms with Crippen LogP contribution >= 0.6 is 0 Å². The monoisotopic (exact) mass is 479 g/mol. The second-order valence-corrected chi connectivity index (χ2v) is 13.0. The van der Waals surface area contributed by atoms with Gasteiger partial charge in [-0.1, -0.05) is 91.9 Å². The van der Waals surface area contributed by atoms with E-state index in [0.29, 0.717) is 0 Å². The Balaban J connectivity index is 0.000000227. The van der Waals surface area contributed by atoms with E-state index in [1.165, 1.54) is 116 Å². The number of rotatable bonds is 4. The van der Waals surface area contributed by atoms with E-state index in [9.17, 15) is 0 Å². The van der Waals surface area contributed by atoms with Crippen molar-refractivity contribution < 1.29 is 0 Å². The van der Waals surface area contributed by atoms with Crippen LogP contribution in [-0.4, -0.2) is 48.1 Å². The molecule has 2 heteroatoms. The van der Waals surface area contributed by atoms with Gasteiger partial charge in [-0.2, -0.15) is 0 Å². The lowest BCUT2D eigenvalue weighted by Gasteiger charge is -2.29. The molecule has 0 aromatic carbocycles. The molecule has 0 bridgehead atoms. The molecule has 4 aliphatic rings. The predicted octanol–water partition coefficient (Wildman–Crippen LogP) is 9.43. The van der Waals surface area contributed by atoms with Crippen molar-refractivity contribution in [1.82, 2.24) is 9.80 Å². The Morgan fingerprint density at radius 1 is 0.382 bits per heavy atom. The maximum atomic E-state index is 2.56. The van der Waals surface area contributed by atoms with Crippen LogP contribution in [0.5, 0.6) is 0 Å². The van der Waals surface area contributed by atoms with E-state index in [-0.39, 0.29) is 0 Å². The van der Waals surface area contributed by atoms with E-state index >= 15 is 0 Å². The third kappa shape index (κ3) is 14.5. The quantitative estimate of drug-likeness (QED) is 0.397. The molecule has 2 aliphatic heterocycles. The molecule has 2 saturated carbocycles. The van der Waals surface area contributed by atoms with Gasteiger partial charge in [-0.25, -0.2) is 0 Å². The van der Waals surface area contributed by atoms with Gasteiger partial charge in [0.25, 0.3) is 0 Å². The molecule has 2 nitrogen and oxygen atoms in total. The van der Waals surface area contributed by atoms with Gasteiger partial charge < -0.3 is 9.80 Å². The number of hydrogen-bond acceptors (Lipinski definition) is 2. The zero-order chi connectivity index (χ0) is 25.3. The van der Waals surface area contributed by atoms with Crippen LogP contribution in [0.25, 0.3) is 0 Å². The third-order valence-electron chi connectivity index (χ3n) is 8.93. The van der Waals surface area contributed by atoms with Crippen LogP contribution in [0.3, 0.4) is 0 Å². The zero-order valence-electron chi connectivity index (χ0n) is 25.1. The van der Waals surface area contributed by atoms with E-state index in [2.05, 4.69) is 65.2 Å². The summed E-state index contributed by atoms with van der Waals surface area (Å²) < 4.78 is 0. The molecule has 2 heterocycles. The summed E-state index contributed by atoms with van der Waals surface area (Å²) in [5.41, 5.74) is 0. The Bertz CT molecular complexity index is 390. The summed E-state index contributed by atoms with van der Waals surface area (Å²) in [5.74, 6) is 4.00. The highest BCUT2D eigenvalue weighted by Crippen LogP contribution is 2.30. The molecular weight excluding hydrogens is 412 g/mol. The second kappa shape index (κ2) is 19.1.